The van der Waals surface area contributed by atoms with Gasteiger partial charge in [-0.15, -0.1) is 0 Å². The van der Waals surface area contributed by atoms with Crippen molar-refractivity contribution in [1.82, 2.24) is 4.90 Å². The van der Waals surface area contributed by atoms with Crippen molar-refractivity contribution in [2.75, 3.05) is 37.7 Å². The molecule has 0 aliphatic carbocycles. The highest BCUT2D eigenvalue weighted by Crippen LogP contribution is 2.24. The third-order valence-electron chi connectivity index (χ3n) is 3.97. The summed E-state index contributed by atoms with van der Waals surface area (Å²) in [5, 5.41) is 3.52. The minimum Gasteiger partial charge on any atom is -0.397 e. The van der Waals surface area contributed by atoms with Gasteiger partial charge < -0.3 is 16.0 Å². The Bertz CT molecular complexity index is 414. The molecule has 3 N–H and O–H groups in total. The summed E-state index contributed by atoms with van der Waals surface area (Å²) in [5.41, 5.74) is 10.6. The van der Waals surface area contributed by atoms with Gasteiger partial charge in [0.25, 0.3) is 0 Å². The van der Waals surface area contributed by atoms with Gasteiger partial charge in [0.15, 0.2) is 0 Å². The smallest absolute Gasteiger partial charge is 0.0576 e. The van der Waals surface area contributed by atoms with E-state index in [1.165, 1.54) is 37.1 Å². The lowest BCUT2D eigenvalue weighted by molar-refractivity contribution is 0.217. The molecule has 0 aromatic heterocycles. The summed E-state index contributed by atoms with van der Waals surface area (Å²) in [4.78, 5) is 2.42. The van der Waals surface area contributed by atoms with E-state index in [1.54, 1.807) is 0 Å². The number of benzene rings is 1. The summed E-state index contributed by atoms with van der Waals surface area (Å²) in [5.74, 6) is 0.741. The van der Waals surface area contributed by atoms with Gasteiger partial charge in [0.05, 0.1) is 11.4 Å². The summed E-state index contributed by atoms with van der Waals surface area (Å²) < 4.78 is 0. The Labute approximate surface area is 110 Å². The van der Waals surface area contributed by atoms with Gasteiger partial charge in [0.2, 0.25) is 0 Å². The third kappa shape index (κ3) is 3.16. The monoisotopic (exact) mass is 247 g/mol. The SMILES string of the molecule is Cc1cc(N)c(NCC2CCCN(C)C2)cc1C. The Kier molecular flexibility index (Phi) is 4.12. The quantitative estimate of drug-likeness (QED) is 0.807. The summed E-state index contributed by atoms with van der Waals surface area (Å²) in [7, 11) is 2.20. The van der Waals surface area contributed by atoms with Crippen LogP contribution in [0.2, 0.25) is 0 Å². The molecule has 1 aliphatic rings. The molecule has 1 aliphatic heterocycles. The maximum Gasteiger partial charge on any atom is 0.0576 e. The van der Waals surface area contributed by atoms with Gasteiger partial charge in [-0.05, 0) is 69.5 Å². The van der Waals surface area contributed by atoms with Crippen molar-refractivity contribution in [3.05, 3.63) is 23.3 Å². The lowest BCUT2D eigenvalue weighted by atomic mass is 9.98. The largest absolute Gasteiger partial charge is 0.397 e. The summed E-state index contributed by atoms with van der Waals surface area (Å²) in [6.07, 6.45) is 2.63. The minimum atomic E-state index is 0.741. The van der Waals surface area contributed by atoms with Crippen molar-refractivity contribution in [2.24, 2.45) is 5.92 Å². The van der Waals surface area contributed by atoms with E-state index in [2.05, 4.69) is 43.2 Å². The van der Waals surface area contributed by atoms with Crippen molar-refractivity contribution in [1.29, 1.82) is 0 Å². The minimum absolute atomic E-state index is 0.741. The van der Waals surface area contributed by atoms with Gasteiger partial charge in [0.1, 0.15) is 0 Å². The summed E-state index contributed by atoms with van der Waals surface area (Å²) in [6.45, 7) is 7.69. The number of nitrogens with two attached hydrogens (primary N) is 1. The number of aryl methyl sites for hydroxylation is 2. The first-order chi connectivity index (χ1) is 8.56. The lowest BCUT2D eigenvalue weighted by Gasteiger charge is -2.30. The number of nitrogen functional groups attached to an aromatic ring is 1. The van der Waals surface area contributed by atoms with Crippen LogP contribution in [-0.2, 0) is 0 Å². The Balaban J connectivity index is 1.95. The van der Waals surface area contributed by atoms with E-state index >= 15 is 0 Å². The second-order valence-electron chi connectivity index (χ2n) is 5.68. The van der Waals surface area contributed by atoms with Crippen molar-refractivity contribution in [3.8, 4) is 0 Å². The Hall–Kier alpha value is -1.22. The topological polar surface area (TPSA) is 41.3 Å². The second-order valence-corrected chi connectivity index (χ2v) is 5.68. The van der Waals surface area contributed by atoms with Crippen LogP contribution in [0.4, 0.5) is 11.4 Å². The number of anilines is 2. The normalized spacial score (nSPS) is 20.9. The molecule has 1 aromatic rings. The van der Waals surface area contributed by atoms with E-state index in [0.717, 1.165) is 23.8 Å². The fourth-order valence-corrected chi connectivity index (χ4v) is 2.69. The maximum atomic E-state index is 6.06. The molecule has 0 amide bonds. The Morgan fingerprint density at radius 2 is 2.06 bits per heavy atom. The van der Waals surface area contributed by atoms with Crippen LogP contribution in [0.5, 0.6) is 0 Å². The molecular formula is C15H25N3. The van der Waals surface area contributed by atoms with Crippen LogP contribution in [-0.4, -0.2) is 31.6 Å². The van der Waals surface area contributed by atoms with Crippen LogP contribution in [0.1, 0.15) is 24.0 Å². The zero-order chi connectivity index (χ0) is 13.1. The fourth-order valence-electron chi connectivity index (χ4n) is 2.69. The fraction of sp³-hybridized carbons (Fsp3) is 0.600. The number of piperidine rings is 1. The van der Waals surface area contributed by atoms with Gasteiger partial charge in [-0.3, -0.25) is 0 Å². The van der Waals surface area contributed by atoms with Crippen LogP contribution in [0.25, 0.3) is 0 Å². The van der Waals surface area contributed by atoms with Gasteiger partial charge in [-0.25, -0.2) is 0 Å². The highest BCUT2D eigenvalue weighted by Gasteiger charge is 2.17. The van der Waals surface area contributed by atoms with Crippen LogP contribution >= 0.6 is 0 Å². The highest BCUT2D eigenvalue weighted by molar-refractivity contribution is 5.68. The lowest BCUT2D eigenvalue weighted by Crippen LogP contribution is -2.35. The Morgan fingerprint density at radius 1 is 1.33 bits per heavy atom. The molecule has 0 bridgehead atoms. The molecule has 3 heteroatoms. The van der Waals surface area contributed by atoms with E-state index < -0.39 is 0 Å². The van der Waals surface area contributed by atoms with Gasteiger partial charge in [-0.2, -0.15) is 0 Å². The molecule has 1 fully saturated rings. The van der Waals surface area contributed by atoms with Crippen LogP contribution in [0.3, 0.4) is 0 Å². The second kappa shape index (κ2) is 5.61. The summed E-state index contributed by atoms with van der Waals surface area (Å²) in [6, 6.07) is 4.22. The molecule has 1 unspecified atom stereocenters. The van der Waals surface area contributed by atoms with Crippen LogP contribution in [0.15, 0.2) is 12.1 Å². The number of likely N-dealkylation sites (tertiary alicyclic amines) is 1. The number of hydrogen-bond donors (Lipinski definition) is 2. The highest BCUT2D eigenvalue weighted by atomic mass is 15.1. The maximum absolute atomic E-state index is 6.06. The number of hydrogen-bond acceptors (Lipinski definition) is 3. The zero-order valence-electron chi connectivity index (χ0n) is 11.8. The molecule has 100 valence electrons. The third-order valence-corrected chi connectivity index (χ3v) is 3.97. The van der Waals surface area contributed by atoms with Crippen molar-refractivity contribution in [3.63, 3.8) is 0 Å². The summed E-state index contributed by atoms with van der Waals surface area (Å²) >= 11 is 0. The molecular weight excluding hydrogens is 222 g/mol. The zero-order valence-corrected chi connectivity index (χ0v) is 11.8. The van der Waals surface area contributed by atoms with E-state index in [9.17, 15) is 0 Å². The first-order valence-electron chi connectivity index (χ1n) is 6.85. The first-order valence-corrected chi connectivity index (χ1v) is 6.85. The molecule has 2 rings (SSSR count). The molecule has 0 spiro atoms. The van der Waals surface area contributed by atoms with Crippen LogP contribution in [0, 0.1) is 19.8 Å². The molecule has 0 radical (unpaired) electrons. The molecule has 1 atom stereocenters. The molecule has 1 aromatic carbocycles. The van der Waals surface area contributed by atoms with Crippen LogP contribution < -0.4 is 11.1 Å². The molecule has 18 heavy (non-hydrogen) atoms. The predicted octanol–water partition coefficient (Wildman–Crippen LogP) is 2.64. The average molecular weight is 247 g/mol. The molecule has 1 saturated heterocycles. The van der Waals surface area contributed by atoms with Crippen molar-refractivity contribution in [2.45, 2.75) is 26.7 Å². The number of nitrogens with one attached hydrogen (secondary N) is 1. The standard InChI is InChI=1S/C15H25N3/c1-11-7-14(16)15(8-12(11)2)17-9-13-5-4-6-18(3)10-13/h7-8,13,17H,4-6,9-10,16H2,1-3H3. The first kappa shape index (κ1) is 13.2. The predicted molar refractivity (Wildman–Crippen MR) is 79.0 cm³/mol. The average Bonchev–Trinajstić information content (AvgIpc) is 2.32. The number of rotatable bonds is 3. The van der Waals surface area contributed by atoms with E-state index in [4.69, 9.17) is 5.73 Å². The van der Waals surface area contributed by atoms with Gasteiger partial charge in [-0.1, -0.05) is 0 Å². The van der Waals surface area contributed by atoms with E-state index in [1.807, 2.05) is 0 Å². The molecule has 0 saturated carbocycles. The Morgan fingerprint density at radius 3 is 2.78 bits per heavy atom. The van der Waals surface area contributed by atoms with Crippen molar-refractivity contribution >= 4 is 11.4 Å². The molecule has 3 nitrogen and oxygen atoms in total. The van der Waals surface area contributed by atoms with E-state index in [0.29, 0.717) is 0 Å². The van der Waals surface area contributed by atoms with Gasteiger partial charge >= 0.3 is 0 Å². The molecule has 1 heterocycles. The number of nitrogens with zero attached hydrogens (tertiary/aromatic N) is 1. The van der Waals surface area contributed by atoms with Crippen molar-refractivity contribution < 1.29 is 0 Å². The van der Waals surface area contributed by atoms with Gasteiger partial charge in [0, 0.05) is 13.1 Å². The van der Waals surface area contributed by atoms with E-state index in [-0.39, 0.29) is 0 Å².